The largest absolute Gasteiger partial charge is 0.479 e. The van der Waals surface area contributed by atoms with Crippen molar-refractivity contribution in [3.05, 3.63) is 0 Å². The van der Waals surface area contributed by atoms with Gasteiger partial charge in [-0.25, -0.2) is 17.9 Å². The van der Waals surface area contributed by atoms with Crippen LogP contribution < -0.4 is 0 Å². The Balaban J connectivity index is 5.36. The van der Waals surface area contributed by atoms with Crippen molar-refractivity contribution in [2.24, 2.45) is 0 Å². The van der Waals surface area contributed by atoms with Crippen LogP contribution >= 0.6 is 7.82 Å². The highest BCUT2D eigenvalue weighted by Gasteiger charge is 2.68. The highest BCUT2D eigenvalue weighted by molar-refractivity contribution is 7.48. The minimum Gasteiger partial charge on any atom is -0.274 e. The average molecular weight is 324 g/mol. The van der Waals surface area contributed by atoms with Crippen molar-refractivity contribution in [1.29, 1.82) is 0 Å². The van der Waals surface area contributed by atoms with Gasteiger partial charge in [0.1, 0.15) is 13.2 Å². The number of hydrogen-bond acceptors (Lipinski definition) is 4. The highest BCUT2D eigenvalue weighted by Crippen LogP contribution is 2.57. The molecule has 0 spiro atoms. The average Bonchev–Trinajstić information content (AvgIpc) is 2.32. The Morgan fingerprint density at radius 3 is 1.70 bits per heavy atom. The Kier molecular flexibility index (Phi) is 6.59. The van der Waals surface area contributed by atoms with Gasteiger partial charge in [0.2, 0.25) is 0 Å². The summed E-state index contributed by atoms with van der Waals surface area (Å²) < 4.78 is 97.2. The normalized spacial score (nSPS) is 15.4. The molecule has 114 valence electrons. The fraction of sp³-hybridized carbons (Fsp3) is 0.556. The lowest BCUT2D eigenvalue weighted by Crippen LogP contribution is -2.49. The summed E-state index contributed by atoms with van der Waals surface area (Å²) in [6, 6.07) is 0. The highest BCUT2D eigenvalue weighted by atomic mass is 31.2. The van der Waals surface area contributed by atoms with Gasteiger partial charge >= 0.3 is 26.3 Å². The molecule has 0 aliphatic carbocycles. The van der Waals surface area contributed by atoms with Gasteiger partial charge in [-0.2, -0.15) is 17.6 Å². The van der Waals surface area contributed by atoms with E-state index < -0.39 is 39.5 Å². The van der Waals surface area contributed by atoms with Crippen molar-refractivity contribution in [3.8, 4) is 24.7 Å². The minimum atomic E-state index is -6.20. The van der Waals surface area contributed by atoms with Crippen molar-refractivity contribution in [2.45, 2.75) is 18.5 Å². The zero-order valence-corrected chi connectivity index (χ0v) is 10.4. The first-order chi connectivity index (χ1) is 9.02. The van der Waals surface area contributed by atoms with Crippen molar-refractivity contribution in [2.75, 3.05) is 13.2 Å². The van der Waals surface area contributed by atoms with E-state index >= 15 is 0 Å². The molecule has 0 aliphatic heterocycles. The van der Waals surface area contributed by atoms with Gasteiger partial charge in [0.15, 0.2) is 0 Å². The fourth-order valence-corrected chi connectivity index (χ4v) is 1.85. The van der Waals surface area contributed by atoms with Crippen LogP contribution in [0.3, 0.4) is 0 Å². The molecule has 0 saturated carbocycles. The second-order valence-corrected chi connectivity index (χ2v) is 4.53. The lowest BCUT2D eigenvalue weighted by molar-refractivity contribution is -0.345. The molecule has 0 aromatic carbocycles. The smallest absolute Gasteiger partial charge is 0.274 e. The van der Waals surface area contributed by atoms with E-state index in [9.17, 15) is 30.9 Å². The van der Waals surface area contributed by atoms with Crippen LogP contribution in [0.1, 0.15) is 0 Å². The van der Waals surface area contributed by atoms with Gasteiger partial charge in [0.05, 0.1) is 0 Å². The van der Waals surface area contributed by atoms with Crippen LogP contribution in [-0.2, 0) is 18.1 Å². The van der Waals surface area contributed by atoms with Crippen LogP contribution in [0.2, 0.25) is 0 Å². The second-order valence-electron chi connectivity index (χ2n) is 2.94. The summed E-state index contributed by atoms with van der Waals surface area (Å²) in [4.78, 5) is 0. The lowest BCUT2D eigenvalue weighted by atomic mass is 10.3. The maximum atomic E-state index is 13.2. The van der Waals surface area contributed by atoms with E-state index in [1.54, 1.807) is 11.8 Å². The van der Waals surface area contributed by atoms with E-state index in [1.807, 2.05) is 0 Å². The molecule has 20 heavy (non-hydrogen) atoms. The van der Waals surface area contributed by atoms with E-state index in [0.29, 0.717) is 0 Å². The Labute approximate surface area is 110 Å². The number of phosphoric ester groups is 1. The van der Waals surface area contributed by atoms with E-state index in [1.165, 1.54) is 0 Å². The summed E-state index contributed by atoms with van der Waals surface area (Å²) in [5.74, 6) is -2.25. The van der Waals surface area contributed by atoms with Crippen molar-refractivity contribution in [3.63, 3.8) is 0 Å². The quantitative estimate of drug-likeness (QED) is 0.410. The molecule has 0 fully saturated rings. The number of hydrogen-bond donors (Lipinski definition) is 0. The molecule has 4 nitrogen and oxygen atoms in total. The number of alkyl halides is 6. The summed E-state index contributed by atoms with van der Waals surface area (Å²) in [6.07, 6.45) is -1.58. The summed E-state index contributed by atoms with van der Waals surface area (Å²) in [5, 5.41) is 0. The van der Waals surface area contributed by atoms with E-state index in [-0.39, 0.29) is 0 Å². The first-order valence-electron chi connectivity index (χ1n) is 4.53. The Morgan fingerprint density at radius 2 is 1.45 bits per heavy atom. The number of halogens is 6. The van der Waals surface area contributed by atoms with Gasteiger partial charge in [-0.3, -0.25) is 9.05 Å². The third kappa shape index (κ3) is 4.73. The van der Waals surface area contributed by atoms with Gasteiger partial charge in [-0.1, -0.05) is 11.8 Å². The molecule has 0 aromatic heterocycles. The molecule has 0 radical (unpaired) electrons. The minimum absolute atomic E-state index is 0.945. The predicted molar refractivity (Wildman–Crippen MR) is 54.2 cm³/mol. The first-order valence-corrected chi connectivity index (χ1v) is 5.99. The molecular formula is C9H7F6O4P. The molecule has 0 rings (SSSR count). The molecule has 0 amide bonds. The second kappa shape index (κ2) is 7.00. The molecule has 0 aliphatic rings. The lowest BCUT2D eigenvalue weighted by Gasteiger charge is -2.29. The van der Waals surface area contributed by atoms with Crippen molar-refractivity contribution < 1.29 is 44.5 Å². The molecule has 11 heteroatoms. The monoisotopic (exact) mass is 324 g/mol. The Morgan fingerprint density at radius 1 is 1.05 bits per heavy atom. The molecule has 0 saturated heterocycles. The zero-order valence-electron chi connectivity index (χ0n) is 9.49. The Hall–Kier alpha value is -1.19. The fourth-order valence-electron chi connectivity index (χ4n) is 0.701. The maximum Gasteiger partial charge on any atom is 0.479 e. The molecule has 0 N–H and O–H groups in total. The predicted octanol–water partition coefficient (Wildman–Crippen LogP) is 2.90. The maximum absolute atomic E-state index is 13.2. The number of phosphoric acid groups is 1. The topological polar surface area (TPSA) is 44.8 Å². The van der Waals surface area contributed by atoms with Crippen LogP contribution in [0.25, 0.3) is 0 Å². The summed E-state index contributed by atoms with van der Waals surface area (Å²) in [6.45, 7) is -1.89. The molecular weight excluding hydrogens is 317 g/mol. The van der Waals surface area contributed by atoms with Crippen LogP contribution in [0.5, 0.6) is 0 Å². The van der Waals surface area contributed by atoms with Crippen LogP contribution in [0.4, 0.5) is 26.3 Å². The van der Waals surface area contributed by atoms with Gasteiger partial charge in [-0.05, 0) is 0 Å². The standard InChI is InChI=1S/C9H7F6O4P/c1-3-5-17-20(16,18-6-4-2)19-8(12,7(10)11)9(13,14)15/h1-2,7H,5-6H2. The van der Waals surface area contributed by atoms with Gasteiger partial charge in [0.25, 0.3) is 0 Å². The third-order valence-corrected chi connectivity index (χ3v) is 2.90. The van der Waals surface area contributed by atoms with Crippen LogP contribution in [0.15, 0.2) is 0 Å². The van der Waals surface area contributed by atoms with Crippen LogP contribution in [0, 0.1) is 24.7 Å². The molecule has 1 atom stereocenters. The van der Waals surface area contributed by atoms with Crippen LogP contribution in [-0.4, -0.2) is 31.7 Å². The van der Waals surface area contributed by atoms with Crippen molar-refractivity contribution >= 4 is 7.82 Å². The molecule has 0 heterocycles. The number of rotatable bonds is 7. The number of terminal acetylenes is 2. The summed E-state index contributed by atoms with van der Waals surface area (Å²) >= 11 is 0. The molecule has 1 unspecified atom stereocenters. The van der Waals surface area contributed by atoms with E-state index in [0.717, 1.165) is 0 Å². The van der Waals surface area contributed by atoms with E-state index in [4.69, 9.17) is 0 Å². The third-order valence-electron chi connectivity index (χ3n) is 1.52. The van der Waals surface area contributed by atoms with Gasteiger partial charge in [0, 0.05) is 0 Å². The summed E-state index contributed by atoms with van der Waals surface area (Å²) in [5.41, 5.74) is 0. The molecule has 0 bridgehead atoms. The van der Waals surface area contributed by atoms with Crippen molar-refractivity contribution in [1.82, 2.24) is 0 Å². The summed E-state index contributed by atoms with van der Waals surface area (Å²) in [7, 11) is -5.38. The molecule has 0 aromatic rings. The van der Waals surface area contributed by atoms with E-state index in [2.05, 4.69) is 26.4 Å². The van der Waals surface area contributed by atoms with Gasteiger partial charge in [-0.15, -0.1) is 12.8 Å². The first kappa shape index (κ1) is 18.8. The Bertz CT molecular complexity index is 429. The van der Waals surface area contributed by atoms with Gasteiger partial charge < -0.3 is 0 Å². The zero-order chi connectivity index (χ0) is 16.0. The SMILES string of the molecule is C#CCOP(=O)(OCC#C)OC(F)(C(F)F)C(F)(F)F.